The van der Waals surface area contributed by atoms with Crippen LogP contribution in [0.4, 0.5) is 5.69 Å². The molecule has 0 aliphatic carbocycles. The molecule has 0 heterocycles. The summed E-state index contributed by atoms with van der Waals surface area (Å²) >= 11 is 6.16. The number of carbonyl (C=O) groups excluding carboxylic acids is 2. The van der Waals surface area contributed by atoms with Crippen LogP contribution in [0.25, 0.3) is 0 Å². The lowest BCUT2D eigenvalue weighted by Gasteiger charge is -2.34. The summed E-state index contributed by atoms with van der Waals surface area (Å²) in [6.45, 7) is 7.20. The molecule has 9 heteroatoms. The van der Waals surface area contributed by atoms with Gasteiger partial charge in [0.1, 0.15) is 12.6 Å². The number of rotatable bonds is 13. The van der Waals surface area contributed by atoms with Gasteiger partial charge in [-0.1, -0.05) is 91.3 Å². The summed E-state index contributed by atoms with van der Waals surface area (Å²) in [6, 6.07) is 29.0. The summed E-state index contributed by atoms with van der Waals surface area (Å²) in [6.07, 6.45) is 0.960. The topological polar surface area (TPSA) is 86.8 Å². The van der Waals surface area contributed by atoms with Gasteiger partial charge in [-0.2, -0.15) is 0 Å². The fraction of sp³-hybridized carbons (Fsp3) is 0.278. The van der Waals surface area contributed by atoms with Crippen LogP contribution in [0.3, 0.4) is 0 Å². The molecule has 0 unspecified atom stereocenters. The molecule has 0 saturated heterocycles. The van der Waals surface area contributed by atoms with E-state index in [1.165, 1.54) is 17.0 Å². The number of nitrogens with one attached hydrogen (secondary N) is 1. The zero-order chi connectivity index (χ0) is 32.6. The maximum absolute atomic E-state index is 14.6. The average molecular weight is 646 g/mol. The minimum atomic E-state index is -4.16. The summed E-state index contributed by atoms with van der Waals surface area (Å²) in [5, 5.41) is 3.60. The molecule has 2 amide bonds. The van der Waals surface area contributed by atoms with Gasteiger partial charge in [0, 0.05) is 24.0 Å². The molecule has 0 aliphatic heterocycles. The molecule has 0 fully saturated rings. The lowest BCUT2D eigenvalue weighted by molar-refractivity contribution is -0.140. The number of hydrogen-bond donors (Lipinski definition) is 1. The largest absolute Gasteiger partial charge is 0.352 e. The Labute approximate surface area is 271 Å². The van der Waals surface area contributed by atoms with Crippen molar-refractivity contribution in [1.82, 2.24) is 10.2 Å². The summed E-state index contributed by atoms with van der Waals surface area (Å²) < 4.78 is 29.5. The molecule has 0 bridgehead atoms. The van der Waals surface area contributed by atoms with E-state index in [2.05, 4.69) is 5.32 Å². The maximum Gasteiger partial charge on any atom is 0.264 e. The summed E-state index contributed by atoms with van der Waals surface area (Å²) in [5.41, 5.74) is 3.66. The second kappa shape index (κ2) is 15.2. The number of aryl methyl sites for hydroxylation is 1. The summed E-state index contributed by atoms with van der Waals surface area (Å²) in [7, 11) is -4.16. The highest BCUT2D eigenvalue weighted by Gasteiger charge is 2.35. The molecule has 0 aliphatic rings. The van der Waals surface area contributed by atoms with Crippen LogP contribution >= 0.6 is 11.6 Å². The van der Waals surface area contributed by atoms with E-state index in [1.54, 1.807) is 54.6 Å². The number of halogens is 1. The van der Waals surface area contributed by atoms with Crippen LogP contribution in [0.5, 0.6) is 0 Å². The third-order valence-corrected chi connectivity index (χ3v) is 10.0. The van der Waals surface area contributed by atoms with Gasteiger partial charge in [0.25, 0.3) is 10.0 Å². The second-order valence-electron chi connectivity index (χ2n) is 11.2. The normalized spacial score (nSPS) is 12.6. The van der Waals surface area contributed by atoms with Crippen molar-refractivity contribution >= 4 is 39.1 Å². The Bertz CT molecular complexity index is 1700. The van der Waals surface area contributed by atoms with Crippen LogP contribution in [0.15, 0.2) is 108 Å². The first-order chi connectivity index (χ1) is 21.5. The zero-order valence-electron chi connectivity index (χ0n) is 26.1. The molecule has 0 aromatic heterocycles. The molecule has 1 N–H and O–H groups in total. The predicted octanol–water partition coefficient (Wildman–Crippen LogP) is 6.71. The van der Waals surface area contributed by atoms with Crippen LogP contribution in [0, 0.1) is 13.8 Å². The first kappa shape index (κ1) is 33.7. The molecule has 0 spiro atoms. The number of anilines is 1. The maximum atomic E-state index is 14.6. The second-order valence-corrected chi connectivity index (χ2v) is 13.5. The number of sulfonamides is 1. The molecular formula is C36H40ClN3O4S. The van der Waals surface area contributed by atoms with Crippen molar-refractivity contribution in [3.63, 3.8) is 0 Å². The van der Waals surface area contributed by atoms with Gasteiger partial charge in [0.15, 0.2) is 0 Å². The van der Waals surface area contributed by atoms with Gasteiger partial charge in [-0.3, -0.25) is 13.9 Å². The Morgan fingerprint density at radius 3 is 2.07 bits per heavy atom. The fourth-order valence-corrected chi connectivity index (χ4v) is 6.64. The zero-order valence-corrected chi connectivity index (χ0v) is 27.7. The van der Waals surface area contributed by atoms with Crippen molar-refractivity contribution in [3.8, 4) is 0 Å². The summed E-state index contributed by atoms with van der Waals surface area (Å²) in [5.74, 6) is -0.815. The fourth-order valence-electron chi connectivity index (χ4n) is 5.02. The van der Waals surface area contributed by atoms with Gasteiger partial charge < -0.3 is 10.2 Å². The standard InChI is InChI=1S/C36H40ClN3O4S/c1-5-27(3)38-36(42)34(23-29-14-8-6-9-15-29)39(24-30-19-21-31(37)22-20-30)35(41)25-40(33-18-12-13-26(2)28(33)4)45(43,44)32-16-10-7-11-17-32/h6-22,27,34H,5,23-25H2,1-4H3,(H,38,42)/t27-,34-/m1/s1. The highest BCUT2D eigenvalue weighted by atomic mass is 35.5. The third-order valence-electron chi connectivity index (χ3n) is 7.99. The van der Waals surface area contributed by atoms with Crippen molar-refractivity contribution < 1.29 is 18.0 Å². The number of amides is 2. The molecule has 45 heavy (non-hydrogen) atoms. The van der Waals surface area contributed by atoms with Gasteiger partial charge in [-0.05, 0) is 79.8 Å². The monoisotopic (exact) mass is 645 g/mol. The van der Waals surface area contributed by atoms with Crippen LogP contribution in [0.2, 0.25) is 5.02 Å². The summed E-state index contributed by atoms with van der Waals surface area (Å²) in [4.78, 5) is 30.1. The molecule has 7 nitrogen and oxygen atoms in total. The lowest BCUT2D eigenvalue weighted by atomic mass is 10.0. The molecule has 4 aromatic carbocycles. The van der Waals surface area contributed by atoms with E-state index in [9.17, 15) is 18.0 Å². The SMILES string of the molecule is CC[C@@H](C)NC(=O)[C@@H](Cc1ccccc1)N(Cc1ccc(Cl)cc1)C(=O)CN(c1cccc(C)c1C)S(=O)(=O)c1ccccc1. The minimum Gasteiger partial charge on any atom is -0.352 e. The Hall–Kier alpha value is -4.14. The van der Waals surface area contributed by atoms with E-state index in [4.69, 9.17) is 11.6 Å². The molecule has 0 radical (unpaired) electrons. The van der Waals surface area contributed by atoms with Gasteiger partial charge in [0.2, 0.25) is 11.8 Å². The first-order valence-electron chi connectivity index (χ1n) is 15.0. The first-order valence-corrected chi connectivity index (χ1v) is 16.8. The van der Waals surface area contributed by atoms with Crippen molar-refractivity contribution in [2.45, 2.75) is 64.1 Å². The average Bonchev–Trinajstić information content (AvgIpc) is 3.04. The highest BCUT2D eigenvalue weighted by Crippen LogP contribution is 2.29. The van der Waals surface area contributed by atoms with E-state index in [0.29, 0.717) is 17.1 Å². The molecule has 4 aromatic rings. The van der Waals surface area contributed by atoms with Crippen molar-refractivity contribution in [2.75, 3.05) is 10.8 Å². The van der Waals surface area contributed by atoms with Crippen LogP contribution < -0.4 is 9.62 Å². The number of benzene rings is 4. The molecule has 4 rings (SSSR count). The number of hydrogen-bond acceptors (Lipinski definition) is 4. The quantitative estimate of drug-likeness (QED) is 0.175. The van der Waals surface area contributed by atoms with Gasteiger partial charge in [0.05, 0.1) is 10.6 Å². The molecule has 236 valence electrons. The Morgan fingerprint density at radius 2 is 1.44 bits per heavy atom. The Balaban J connectivity index is 1.83. The van der Waals surface area contributed by atoms with Crippen molar-refractivity contribution in [1.29, 1.82) is 0 Å². The molecule has 2 atom stereocenters. The van der Waals surface area contributed by atoms with Crippen LogP contribution in [-0.4, -0.2) is 43.8 Å². The molecular weight excluding hydrogens is 606 g/mol. The predicted molar refractivity (Wildman–Crippen MR) is 181 cm³/mol. The highest BCUT2D eigenvalue weighted by molar-refractivity contribution is 7.92. The van der Waals surface area contributed by atoms with E-state index in [-0.39, 0.29) is 29.8 Å². The van der Waals surface area contributed by atoms with E-state index >= 15 is 0 Å². The molecule has 0 saturated carbocycles. The number of nitrogens with zero attached hydrogens (tertiary/aromatic N) is 2. The van der Waals surface area contributed by atoms with Gasteiger partial charge >= 0.3 is 0 Å². The van der Waals surface area contributed by atoms with Gasteiger partial charge in [-0.15, -0.1) is 0 Å². The number of carbonyl (C=O) groups is 2. The third kappa shape index (κ3) is 8.53. The van der Waals surface area contributed by atoms with Crippen molar-refractivity contribution in [2.24, 2.45) is 0 Å². The van der Waals surface area contributed by atoms with E-state index < -0.39 is 28.5 Å². The smallest absolute Gasteiger partial charge is 0.264 e. The Morgan fingerprint density at radius 1 is 0.822 bits per heavy atom. The van der Waals surface area contributed by atoms with E-state index in [0.717, 1.165) is 26.6 Å². The van der Waals surface area contributed by atoms with Crippen LogP contribution in [-0.2, 0) is 32.6 Å². The van der Waals surface area contributed by atoms with Gasteiger partial charge in [-0.25, -0.2) is 8.42 Å². The lowest BCUT2D eigenvalue weighted by Crippen LogP contribution is -2.54. The van der Waals surface area contributed by atoms with Crippen molar-refractivity contribution in [3.05, 3.63) is 130 Å². The minimum absolute atomic E-state index is 0.0679. The van der Waals surface area contributed by atoms with Crippen LogP contribution in [0.1, 0.15) is 42.5 Å². The Kier molecular flexibility index (Phi) is 11.4. The van der Waals surface area contributed by atoms with E-state index in [1.807, 2.05) is 64.1 Å².